The summed E-state index contributed by atoms with van der Waals surface area (Å²) in [7, 11) is 0. The second-order valence-electron chi connectivity index (χ2n) is 5.71. The summed E-state index contributed by atoms with van der Waals surface area (Å²) < 4.78 is 0. The van der Waals surface area contributed by atoms with Crippen LogP contribution in [0.25, 0.3) is 0 Å². The molecule has 5 atom stereocenters. The van der Waals surface area contributed by atoms with E-state index in [1.165, 1.54) is 0 Å². The Bertz CT molecular complexity index is 294. The Morgan fingerprint density at radius 1 is 1.44 bits per heavy atom. The van der Waals surface area contributed by atoms with E-state index in [1.54, 1.807) is 0 Å². The predicted molar refractivity (Wildman–Crippen MR) is 63.6 cm³/mol. The fourth-order valence-electron chi connectivity index (χ4n) is 4.15. The molecule has 0 saturated heterocycles. The van der Waals surface area contributed by atoms with Gasteiger partial charge in [-0.1, -0.05) is 13.3 Å². The summed E-state index contributed by atoms with van der Waals surface area (Å²) in [4.78, 5) is 0. The van der Waals surface area contributed by atoms with E-state index >= 15 is 0 Å². The van der Waals surface area contributed by atoms with Crippen LogP contribution in [0, 0.1) is 35.5 Å². The highest BCUT2D eigenvalue weighted by Gasteiger charge is 2.52. The van der Waals surface area contributed by atoms with Crippen molar-refractivity contribution >= 4 is 0 Å². The lowest BCUT2D eigenvalue weighted by Crippen LogP contribution is -2.42. The summed E-state index contributed by atoms with van der Waals surface area (Å²) in [5.41, 5.74) is 0.150. The highest BCUT2D eigenvalue weighted by atomic mass is 16.3. The van der Waals surface area contributed by atoms with Crippen LogP contribution in [0.5, 0.6) is 0 Å². The summed E-state index contributed by atoms with van der Waals surface area (Å²) in [5.74, 6) is 3.50. The lowest BCUT2D eigenvalue weighted by molar-refractivity contribution is -0.0278. The number of rotatable bonds is 2. The summed E-state index contributed by atoms with van der Waals surface area (Å²) in [5, 5.41) is 19.4. The maximum absolute atomic E-state index is 10.1. The summed E-state index contributed by atoms with van der Waals surface area (Å²) in [6.45, 7) is 2.34. The molecular weight excluding hydrogens is 200 g/mol. The van der Waals surface area contributed by atoms with Crippen LogP contribution in [0.2, 0.25) is 0 Å². The first-order valence-electron chi connectivity index (χ1n) is 6.38. The monoisotopic (exact) mass is 222 g/mol. The Labute approximate surface area is 98.1 Å². The van der Waals surface area contributed by atoms with E-state index in [-0.39, 0.29) is 24.0 Å². The molecule has 5 unspecified atom stereocenters. The molecule has 0 heterocycles. The van der Waals surface area contributed by atoms with Gasteiger partial charge >= 0.3 is 0 Å². The van der Waals surface area contributed by atoms with Crippen LogP contribution in [0.3, 0.4) is 0 Å². The van der Waals surface area contributed by atoms with Crippen molar-refractivity contribution in [1.82, 2.24) is 0 Å². The molecule has 0 aromatic rings. The fraction of sp³-hybridized carbons (Fsp3) is 0.857. The lowest BCUT2D eigenvalue weighted by Gasteiger charge is -2.44. The second-order valence-corrected chi connectivity index (χ2v) is 5.71. The van der Waals surface area contributed by atoms with Gasteiger partial charge in [0.15, 0.2) is 0 Å². The van der Waals surface area contributed by atoms with Crippen molar-refractivity contribution in [1.29, 1.82) is 0 Å². The van der Waals surface area contributed by atoms with Gasteiger partial charge in [-0.05, 0) is 42.9 Å². The molecule has 90 valence electrons. The maximum atomic E-state index is 10.1. The third kappa shape index (κ3) is 1.67. The van der Waals surface area contributed by atoms with E-state index in [1.807, 2.05) is 0 Å². The minimum absolute atomic E-state index is 0.0275. The molecule has 0 aliphatic heterocycles. The van der Waals surface area contributed by atoms with Gasteiger partial charge < -0.3 is 10.2 Å². The first-order valence-corrected chi connectivity index (χ1v) is 6.38. The Morgan fingerprint density at radius 3 is 2.81 bits per heavy atom. The Kier molecular flexibility index (Phi) is 3.28. The highest BCUT2D eigenvalue weighted by molar-refractivity contribution is 5.08. The molecule has 2 rings (SSSR count). The first kappa shape index (κ1) is 12.0. The molecule has 2 saturated carbocycles. The van der Waals surface area contributed by atoms with E-state index < -0.39 is 0 Å². The molecule has 0 bridgehead atoms. The zero-order valence-corrected chi connectivity index (χ0v) is 10.0. The van der Waals surface area contributed by atoms with Crippen molar-refractivity contribution in [3.05, 3.63) is 0 Å². The van der Waals surface area contributed by atoms with Crippen molar-refractivity contribution in [3.63, 3.8) is 0 Å². The Morgan fingerprint density at radius 2 is 2.19 bits per heavy atom. The molecule has 2 aliphatic carbocycles. The van der Waals surface area contributed by atoms with Gasteiger partial charge in [0.1, 0.15) is 0 Å². The van der Waals surface area contributed by atoms with Crippen molar-refractivity contribution in [3.8, 4) is 12.3 Å². The molecule has 0 amide bonds. The largest absolute Gasteiger partial charge is 0.395 e. The van der Waals surface area contributed by atoms with Crippen molar-refractivity contribution < 1.29 is 10.2 Å². The fourth-order valence-corrected chi connectivity index (χ4v) is 4.15. The van der Waals surface area contributed by atoms with Crippen molar-refractivity contribution in [2.75, 3.05) is 6.61 Å². The number of aliphatic hydroxyl groups excluding tert-OH is 2. The Balaban J connectivity index is 2.21. The molecule has 0 aromatic heterocycles. The highest BCUT2D eigenvalue weighted by Crippen LogP contribution is 2.57. The number of terminal acetylenes is 1. The molecule has 0 spiro atoms. The second kappa shape index (κ2) is 4.39. The molecule has 2 heteroatoms. The molecule has 16 heavy (non-hydrogen) atoms. The number of hydrogen-bond donors (Lipinski definition) is 2. The SMILES string of the molecule is C#CC(CO)C1CCC2C(O)CCCC21C. The van der Waals surface area contributed by atoms with Crippen LogP contribution in [0.15, 0.2) is 0 Å². The molecule has 2 aliphatic rings. The van der Waals surface area contributed by atoms with Gasteiger partial charge in [-0.3, -0.25) is 0 Å². The third-order valence-corrected chi connectivity index (χ3v) is 5.06. The smallest absolute Gasteiger partial charge is 0.0573 e. The van der Waals surface area contributed by atoms with Gasteiger partial charge in [-0.15, -0.1) is 12.3 Å². The zero-order chi connectivity index (χ0) is 11.8. The summed E-state index contributed by atoms with van der Waals surface area (Å²) in [6.07, 6.45) is 10.7. The molecule has 2 fully saturated rings. The predicted octanol–water partition coefficient (Wildman–Crippen LogP) is 1.81. The van der Waals surface area contributed by atoms with Crippen LogP contribution in [-0.2, 0) is 0 Å². The van der Waals surface area contributed by atoms with Crippen LogP contribution in [0.4, 0.5) is 0 Å². The first-order chi connectivity index (χ1) is 7.63. The van der Waals surface area contributed by atoms with E-state index in [2.05, 4.69) is 12.8 Å². The number of fused-ring (bicyclic) bond motifs is 1. The Hall–Kier alpha value is -0.520. The minimum Gasteiger partial charge on any atom is -0.395 e. The molecule has 2 nitrogen and oxygen atoms in total. The standard InChI is InChI=1S/C14H22O2/c1-3-10(9-15)11-6-7-12-13(16)5-4-8-14(11,12)2/h1,10-13,15-16H,4-9H2,2H3. The molecule has 0 aromatic carbocycles. The van der Waals surface area contributed by atoms with E-state index in [0.717, 1.165) is 32.1 Å². The quantitative estimate of drug-likeness (QED) is 0.700. The van der Waals surface area contributed by atoms with Crippen LogP contribution in [0.1, 0.15) is 39.0 Å². The number of hydrogen-bond acceptors (Lipinski definition) is 2. The average molecular weight is 222 g/mol. The van der Waals surface area contributed by atoms with Gasteiger partial charge in [0.2, 0.25) is 0 Å². The van der Waals surface area contributed by atoms with Gasteiger partial charge in [0.25, 0.3) is 0 Å². The van der Waals surface area contributed by atoms with Gasteiger partial charge in [-0.25, -0.2) is 0 Å². The lowest BCUT2D eigenvalue weighted by atomic mass is 9.62. The van der Waals surface area contributed by atoms with Crippen LogP contribution in [-0.4, -0.2) is 22.9 Å². The van der Waals surface area contributed by atoms with E-state index in [0.29, 0.717) is 11.8 Å². The van der Waals surface area contributed by atoms with Gasteiger partial charge in [0, 0.05) is 5.92 Å². The zero-order valence-electron chi connectivity index (χ0n) is 10.0. The van der Waals surface area contributed by atoms with Gasteiger partial charge in [0.05, 0.1) is 12.7 Å². The summed E-state index contributed by atoms with van der Waals surface area (Å²) in [6, 6.07) is 0. The molecular formula is C14H22O2. The third-order valence-electron chi connectivity index (χ3n) is 5.06. The average Bonchev–Trinajstić information content (AvgIpc) is 2.60. The molecule has 0 radical (unpaired) electrons. The molecule has 2 N–H and O–H groups in total. The van der Waals surface area contributed by atoms with Crippen molar-refractivity contribution in [2.45, 2.75) is 45.1 Å². The topological polar surface area (TPSA) is 40.5 Å². The van der Waals surface area contributed by atoms with Crippen molar-refractivity contribution in [2.24, 2.45) is 23.2 Å². The normalized spacial score (nSPS) is 44.8. The number of aliphatic hydroxyl groups is 2. The van der Waals surface area contributed by atoms with Crippen LogP contribution < -0.4 is 0 Å². The van der Waals surface area contributed by atoms with E-state index in [9.17, 15) is 10.2 Å². The van der Waals surface area contributed by atoms with Gasteiger partial charge in [-0.2, -0.15) is 0 Å². The minimum atomic E-state index is -0.152. The van der Waals surface area contributed by atoms with E-state index in [4.69, 9.17) is 6.42 Å². The summed E-state index contributed by atoms with van der Waals surface area (Å²) >= 11 is 0. The maximum Gasteiger partial charge on any atom is 0.0573 e. The van der Waals surface area contributed by atoms with Crippen LogP contribution >= 0.6 is 0 Å².